The summed E-state index contributed by atoms with van der Waals surface area (Å²) in [7, 11) is -1.50. The number of hydrogen-bond donors (Lipinski definition) is 0. The highest BCUT2D eigenvalue weighted by Crippen LogP contribution is 2.19. The van der Waals surface area contributed by atoms with Gasteiger partial charge in [-0.15, -0.1) is 0 Å². The fraction of sp³-hybridized carbons (Fsp3) is 0.714. The van der Waals surface area contributed by atoms with Gasteiger partial charge in [-0.3, -0.25) is 0 Å². The summed E-state index contributed by atoms with van der Waals surface area (Å²) in [5.41, 5.74) is 1.43. The summed E-state index contributed by atoms with van der Waals surface area (Å²) >= 11 is 0. The van der Waals surface area contributed by atoms with E-state index >= 15 is 0 Å². The lowest BCUT2D eigenvalue weighted by atomic mass is 10.0. The zero-order valence-corrected chi connectivity index (χ0v) is 21.7. The van der Waals surface area contributed by atoms with Gasteiger partial charge in [0.05, 0.1) is 0 Å². The van der Waals surface area contributed by atoms with Crippen LogP contribution in [0, 0.1) is 0 Å². The van der Waals surface area contributed by atoms with E-state index in [-0.39, 0.29) is 0 Å². The molecule has 0 saturated heterocycles. The lowest BCUT2D eigenvalue weighted by Gasteiger charge is -2.19. The minimum absolute atomic E-state index is 1.06. The molecular formula is C28H50OSi. The number of allylic oxidation sites excluding steroid dienone is 2. The maximum absolute atomic E-state index is 6.11. The minimum Gasteiger partial charge on any atom is -0.544 e. The van der Waals surface area contributed by atoms with Gasteiger partial charge in [-0.2, -0.15) is 0 Å². The Morgan fingerprint density at radius 3 is 1.80 bits per heavy atom. The smallest absolute Gasteiger partial charge is 0.242 e. The van der Waals surface area contributed by atoms with Crippen molar-refractivity contribution >= 4 is 8.32 Å². The van der Waals surface area contributed by atoms with Crippen molar-refractivity contribution in [3.8, 4) is 5.75 Å². The molecule has 0 N–H and O–H groups in total. The molecule has 0 unspecified atom stereocenters. The largest absolute Gasteiger partial charge is 0.544 e. The lowest BCUT2D eigenvalue weighted by Crippen LogP contribution is -2.29. The van der Waals surface area contributed by atoms with Crippen molar-refractivity contribution in [3.63, 3.8) is 0 Å². The van der Waals surface area contributed by atoms with Crippen molar-refractivity contribution in [2.45, 2.75) is 129 Å². The van der Waals surface area contributed by atoms with E-state index in [0.717, 1.165) is 5.75 Å². The average molecular weight is 431 g/mol. The highest BCUT2D eigenvalue weighted by atomic mass is 28.4. The van der Waals surface area contributed by atoms with Crippen LogP contribution in [0.25, 0.3) is 0 Å². The molecule has 172 valence electrons. The molecule has 0 spiro atoms. The fourth-order valence-electron chi connectivity index (χ4n) is 3.87. The second-order valence-corrected chi connectivity index (χ2v) is 14.3. The third-order valence-corrected chi connectivity index (χ3v) is 6.40. The Labute approximate surface area is 189 Å². The van der Waals surface area contributed by atoms with Crippen LogP contribution < -0.4 is 4.43 Å². The molecule has 1 aromatic carbocycles. The highest BCUT2D eigenvalue weighted by molar-refractivity contribution is 6.70. The number of rotatable bonds is 19. The molecule has 0 aliphatic rings. The Bertz CT molecular complexity index is 544. The molecule has 30 heavy (non-hydrogen) atoms. The van der Waals surface area contributed by atoms with Crippen LogP contribution in [-0.4, -0.2) is 8.32 Å². The summed E-state index contributed by atoms with van der Waals surface area (Å²) in [6.45, 7) is 9.01. The van der Waals surface area contributed by atoms with E-state index in [9.17, 15) is 0 Å². The summed E-state index contributed by atoms with van der Waals surface area (Å²) in [6, 6.07) is 8.75. The van der Waals surface area contributed by atoms with E-state index in [1.165, 1.54) is 108 Å². The third-order valence-electron chi connectivity index (χ3n) is 5.55. The molecule has 1 aromatic rings. The SMILES string of the molecule is CCCCCC/C=C\CCCCCCCCCCCc1cccc(O[Si](C)(C)C)c1. The van der Waals surface area contributed by atoms with Crippen LogP contribution in [-0.2, 0) is 6.42 Å². The highest BCUT2D eigenvalue weighted by Gasteiger charge is 2.16. The second kappa shape index (κ2) is 17.6. The normalized spacial score (nSPS) is 12.0. The lowest BCUT2D eigenvalue weighted by molar-refractivity contribution is 0.553. The summed E-state index contributed by atoms with van der Waals surface area (Å²) in [6.07, 6.45) is 26.7. The van der Waals surface area contributed by atoms with Gasteiger partial charge in [0.1, 0.15) is 5.75 Å². The van der Waals surface area contributed by atoms with Crippen LogP contribution in [0.15, 0.2) is 36.4 Å². The van der Waals surface area contributed by atoms with Gasteiger partial charge in [0.25, 0.3) is 0 Å². The molecule has 0 amide bonds. The summed E-state index contributed by atoms with van der Waals surface area (Å²) in [4.78, 5) is 0. The zero-order chi connectivity index (χ0) is 21.9. The molecule has 2 heteroatoms. The zero-order valence-electron chi connectivity index (χ0n) is 20.7. The Kier molecular flexibility index (Phi) is 15.9. The molecule has 0 bridgehead atoms. The molecule has 0 aliphatic heterocycles. The predicted octanol–water partition coefficient (Wildman–Crippen LogP) is 9.87. The first-order valence-electron chi connectivity index (χ1n) is 12.9. The molecule has 1 rings (SSSR count). The Balaban J connectivity index is 1.90. The molecule has 0 radical (unpaired) electrons. The van der Waals surface area contributed by atoms with E-state index in [1.54, 1.807) is 0 Å². The summed E-state index contributed by atoms with van der Waals surface area (Å²) in [5.74, 6) is 1.06. The van der Waals surface area contributed by atoms with Gasteiger partial charge in [-0.1, -0.05) is 95.4 Å². The minimum atomic E-state index is -1.50. The molecule has 1 nitrogen and oxygen atoms in total. The first-order valence-corrected chi connectivity index (χ1v) is 16.3. The van der Waals surface area contributed by atoms with Crippen LogP contribution in [0.1, 0.15) is 109 Å². The van der Waals surface area contributed by atoms with E-state index in [4.69, 9.17) is 4.43 Å². The molecular weight excluding hydrogens is 380 g/mol. The predicted molar refractivity (Wildman–Crippen MR) is 138 cm³/mol. The van der Waals surface area contributed by atoms with E-state index in [2.05, 4.69) is 63.0 Å². The van der Waals surface area contributed by atoms with E-state index < -0.39 is 8.32 Å². The number of unbranched alkanes of at least 4 members (excludes halogenated alkanes) is 13. The average Bonchev–Trinajstić information content (AvgIpc) is 2.69. The van der Waals surface area contributed by atoms with Crippen molar-refractivity contribution in [1.29, 1.82) is 0 Å². The van der Waals surface area contributed by atoms with Crippen molar-refractivity contribution in [1.82, 2.24) is 0 Å². The Morgan fingerprint density at radius 2 is 1.23 bits per heavy atom. The maximum atomic E-state index is 6.11. The molecule has 0 saturated carbocycles. The van der Waals surface area contributed by atoms with Crippen LogP contribution in [0.5, 0.6) is 5.75 Å². The molecule has 0 atom stereocenters. The molecule has 0 heterocycles. The standard InChI is InChI=1S/C28H50OSi/c1-5-6-7-8-9-10-11-12-13-14-15-16-17-18-19-20-21-23-27-24-22-25-28(26-27)29-30(2,3)4/h10-11,22,24-26H,5-9,12-21,23H2,1-4H3/b11-10-. The van der Waals surface area contributed by atoms with Gasteiger partial charge in [0.2, 0.25) is 8.32 Å². The summed E-state index contributed by atoms with van der Waals surface area (Å²) < 4.78 is 6.11. The number of hydrogen-bond acceptors (Lipinski definition) is 1. The number of benzene rings is 1. The van der Waals surface area contributed by atoms with Crippen molar-refractivity contribution in [3.05, 3.63) is 42.0 Å². The van der Waals surface area contributed by atoms with Gasteiger partial charge in [0, 0.05) is 0 Å². The third kappa shape index (κ3) is 16.7. The van der Waals surface area contributed by atoms with Gasteiger partial charge in [-0.25, -0.2) is 0 Å². The van der Waals surface area contributed by atoms with Gasteiger partial charge in [-0.05, 0) is 75.9 Å². The molecule has 0 aliphatic carbocycles. The summed E-state index contributed by atoms with van der Waals surface area (Å²) in [5, 5.41) is 0. The Morgan fingerprint density at radius 1 is 0.700 bits per heavy atom. The first-order chi connectivity index (χ1) is 14.5. The fourth-order valence-corrected chi connectivity index (χ4v) is 4.71. The maximum Gasteiger partial charge on any atom is 0.242 e. The number of aryl methyl sites for hydroxylation is 1. The van der Waals surface area contributed by atoms with Crippen LogP contribution >= 0.6 is 0 Å². The first kappa shape index (κ1) is 27.0. The van der Waals surface area contributed by atoms with Crippen molar-refractivity contribution in [2.75, 3.05) is 0 Å². The molecule has 0 fully saturated rings. The topological polar surface area (TPSA) is 9.23 Å². The van der Waals surface area contributed by atoms with E-state index in [0.29, 0.717) is 0 Å². The van der Waals surface area contributed by atoms with Crippen molar-refractivity contribution in [2.24, 2.45) is 0 Å². The van der Waals surface area contributed by atoms with Crippen molar-refractivity contribution < 1.29 is 4.43 Å². The monoisotopic (exact) mass is 430 g/mol. The van der Waals surface area contributed by atoms with Crippen LogP contribution in [0.2, 0.25) is 19.6 Å². The van der Waals surface area contributed by atoms with Gasteiger partial charge >= 0.3 is 0 Å². The van der Waals surface area contributed by atoms with E-state index in [1.807, 2.05) is 0 Å². The van der Waals surface area contributed by atoms with Crippen LogP contribution in [0.4, 0.5) is 0 Å². The Hall–Kier alpha value is -1.02. The van der Waals surface area contributed by atoms with Gasteiger partial charge in [0.15, 0.2) is 0 Å². The van der Waals surface area contributed by atoms with Gasteiger partial charge < -0.3 is 4.43 Å². The van der Waals surface area contributed by atoms with Crippen LogP contribution in [0.3, 0.4) is 0 Å². The second-order valence-electron chi connectivity index (χ2n) is 9.90. The molecule has 0 aromatic heterocycles. The quantitative estimate of drug-likeness (QED) is 0.120.